The van der Waals surface area contributed by atoms with Gasteiger partial charge in [-0.15, -0.1) is 0 Å². The van der Waals surface area contributed by atoms with Gasteiger partial charge in [0.05, 0.1) is 5.41 Å². The second-order valence-corrected chi connectivity index (χ2v) is 8.43. The Morgan fingerprint density at radius 3 is 2.06 bits per heavy atom. The molecule has 0 radical (unpaired) electrons. The van der Waals surface area contributed by atoms with Gasteiger partial charge in [-0.1, -0.05) is 62.4 Å². The van der Waals surface area contributed by atoms with E-state index in [1.807, 2.05) is 38.1 Å². The molecule has 0 saturated heterocycles. The molecule has 0 atom stereocenters. The number of hydrogen-bond acceptors (Lipinski definition) is 4. The van der Waals surface area contributed by atoms with Crippen LogP contribution >= 0.6 is 0 Å². The standard InChI is InChI=1S/C26H32N2O5/c1-3-26(4-2,24(30)31)17-28-23(29)14-9-15-27-25(32)33-16-22-20-12-7-5-10-18(20)19-11-6-8-13-21(19)22/h5-8,10-13,22H,3-4,9,14-17H2,1-2H3,(H,27,32)(H,28,29)(H,30,31). The van der Waals surface area contributed by atoms with Crippen molar-refractivity contribution in [3.05, 3.63) is 59.7 Å². The first-order valence-corrected chi connectivity index (χ1v) is 11.5. The van der Waals surface area contributed by atoms with Crippen LogP contribution in [0, 0.1) is 5.41 Å². The molecule has 2 aromatic rings. The van der Waals surface area contributed by atoms with Gasteiger partial charge in [0, 0.05) is 25.4 Å². The number of carboxylic acids is 1. The minimum atomic E-state index is -0.935. The highest BCUT2D eigenvalue weighted by atomic mass is 16.5. The molecule has 0 aromatic heterocycles. The van der Waals surface area contributed by atoms with E-state index in [2.05, 4.69) is 34.9 Å². The number of fused-ring (bicyclic) bond motifs is 3. The summed E-state index contributed by atoms with van der Waals surface area (Å²) >= 11 is 0. The predicted octanol–water partition coefficient (Wildman–Crippen LogP) is 4.31. The number of carbonyl (C=O) groups is 3. The molecule has 1 aliphatic carbocycles. The summed E-state index contributed by atoms with van der Waals surface area (Å²) in [6.45, 7) is 4.26. The highest BCUT2D eigenvalue weighted by Crippen LogP contribution is 2.44. The van der Waals surface area contributed by atoms with E-state index in [1.165, 1.54) is 11.1 Å². The number of alkyl carbamates (subject to hydrolysis) is 1. The zero-order valence-corrected chi connectivity index (χ0v) is 19.2. The average Bonchev–Trinajstić information content (AvgIpc) is 3.15. The van der Waals surface area contributed by atoms with Crippen LogP contribution in [0.2, 0.25) is 0 Å². The van der Waals surface area contributed by atoms with Crippen molar-refractivity contribution in [3.8, 4) is 11.1 Å². The van der Waals surface area contributed by atoms with E-state index in [1.54, 1.807) is 0 Å². The van der Waals surface area contributed by atoms with Crippen molar-refractivity contribution < 1.29 is 24.2 Å². The predicted molar refractivity (Wildman–Crippen MR) is 126 cm³/mol. The molecular formula is C26H32N2O5. The van der Waals surface area contributed by atoms with E-state index in [0.29, 0.717) is 25.8 Å². The smallest absolute Gasteiger partial charge is 0.407 e. The number of carboxylic acid groups (broad SMARTS) is 1. The molecular weight excluding hydrogens is 420 g/mol. The SMILES string of the molecule is CCC(CC)(CNC(=O)CCCNC(=O)OCC1c2ccccc2-c2ccccc21)C(=O)O. The Morgan fingerprint density at radius 1 is 0.939 bits per heavy atom. The quantitative estimate of drug-likeness (QED) is 0.441. The summed E-state index contributed by atoms with van der Waals surface area (Å²) in [4.78, 5) is 35.8. The topological polar surface area (TPSA) is 105 Å². The third-order valence-corrected chi connectivity index (χ3v) is 6.62. The number of amides is 2. The van der Waals surface area contributed by atoms with Crippen LogP contribution in [0.5, 0.6) is 0 Å². The van der Waals surface area contributed by atoms with Gasteiger partial charge in [-0.2, -0.15) is 0 Å². The summed E-state index contributed by atoms with van der Waals surface area (Å²) in [7, 11) is 0. The maximum Gasteiger partial charge on any atom is 0.407 e. The van der Waals surface area contributed by atoms with E-state index >= 15 is 0 Å². The van der Waals surface area contributed by atoms with Crippen LogP contribution in [-0.4, -0.2) is 42.8 Å². The zero-order valence-electron chi connectivity index (χ0n) is 19.2. The van der Waals surface area contributed by atoms with Gasteiger partial charge in [0.15, 0.2) is 0 Å². The number of ether oxygens (including phenoxy) is 1. The highest BCUT2D eigenvalue weighted by molar-refractivity contribution is 5.80. The third kappa shape index (κ3) is 5.53. The van der Waals surface area contributed by atoms with Crippen molar-refractivity contribution in [3.63, 3.8) is 0 Å². The normalized spacial score (nSPS) is 12.5. The summed E-state index contributed by atoms with van der Waals surface area (Å²) in [5.74, 6) is -1.12. The lowest BCUT2D eigenvalue weighted by Gasteiger charge is -2.26. The summed E-state index contributed by atoms with van der Waals surface area (Å²) < 4.78 is 5.48. The molecule has 0 aliphatic heterocycles. The van der Waals surface area contributed by atoms with Gasteiger partial charge < -0.3 is 20.5 Å². The van der Waals surface area contributed by atoms with Gasteiger partial charge in [-0.25, -0.2) is 4.79 Å². The van der Waals surface area contributed by atoms with E-state index in [9.17, 15) is 19.5 Å². The Bertz CT molecular complexity index is 954. The van der Waals surface area contributed by atoms with Crippen molar-refractivity contribution >= 4 is 18.0 Å². The largest absolute Gasteiger partial charge is 0.481 e. The van der Waals surface area contributed by atoms with Crippen molar-refractivity contribution in [2.24, 2.45) is 5.41 Å². The van der Waals surface area contributed by atoms with E-state index in [-0.39, 0.29) is 31.4 Å². The Kier molecular flexibility index (Phi) is 8.09. The molecule has 0 heterocycles. The van der Waals surface area contributed by atoms with Crippen molar-refractivity contribution in [2.45, 2.75) is 45.4 Å². The van der Waals surface area contributed by atoms with E-state index in [0.717, 1.165) is 11.1 Å². The number of benzene rings is 2. The van der Waals surface area contributed by atoms with Gasteiger partial charge >= 0.3 is 12.1 Å². The minimum Gasteiger partial charge on any atom is -0.481 e. The fourth-order valence-electron chi connectivity index (χ4n) is 4.32. The maximum absolute atomic E-state index is 12.2. The lowest BCUT2D eigenvalue weighted by Crippen LogP contribution is -2.42. The Hall–Kier alpha value is -3.35. The van der Waals surface area contributed by atoms with Gasteiger partial charge in [0.1, 0.15) is 6.61 Å². The number of nitrogens with one attached hydrogen (secondary N) is 2. The molecule has 33 heavy (non-hydrogen) atoms. The van der Waals surface area contributed by atoms with Crippen LogP contribution in [-0.2, 0) is 14.3 Å². The molecule has 0 fully saturated rings. The molecule has 0 spiro atoms. The molecule has 0 saturated carbocycles. The molecule has 2 aromatic carbocycles. The molecule has 0 unspecified atom stereocenters. The van der Waals surface area contributed by atoms with Crippen molar-refractivity contribution in [1.82, 2.24) is 10.6 Å². The summed E-state index contributed by atoms with van der Waals surface area (Å²) in [5.41, 5.74) is 3.71. The number of carbonyl (C=O) groups excluding carboxylic acids is 2. The van der Waals surface area contributed by atoms with Gasteiger partial charge in [-0.3, -0.25) is 9.59 Å². The molecule has 7 nitrogen and oxygen atoms in total. The van der Waals surface area contributed by atoms with Crippen LogP contribution in [0.15, 0.2) is 48.5 Å². The van der Waals surface area contributed by atoms with Crippen molar-refractivity contribution in [1.29, 1.82) is 0 Å². The molecule has 176 valence electrons. The molecule has 3 N–H and O–H groups in total. The van der Waals surface area contributed by atoms with E-state index in [4.69, 9.17) is 4.74 Å². The second kappa shape index (κ2) is 11.0. The van der Waals surface area contributed by atoms with Gasteiger partial charge in [0.25, 0.3) is 0 Å². The Morgan fingerprint density at radius 2 is 1.52 bits per heavy atom. The molecule has 1 aliphatic rings. The maximum atomic E-state index is 12.2. The first-order chi connectivity index (χ1) is 15.9. The van der Waals surface area contributed by atoms with Crippen LogP contribution < -0.4 is 10.6 Å². The molecule has 3 rings (SSSR count). The number of rotatable bonds is 11. The first-order valence-electron chi connectivity index (χ1n) is 11.5. The number of aliphatic carboxylic acids is 1. The van der Waals surface area contributed by atoms with Crippen LogP contribution in [0.4, 0.5) is 4.79 Å². The second-order valence-electron chi connectivity index (χ2n) is 8.43. The third-order valence-electron chi connectivity index (χ3n) is 6.62. The lowest BCUT2D eigenvalue weighted by atomic mass is 9.82. The molecule has 0 bridgehead atoms. The van der Waals surface area contributed by atoms with Crippen LogP contribution in [0.25, 0.3) is 11.1 Å². The van der Waals surface area contributed by atoms with Gasteiger partial charge in [-0.05, 0) is 41.5 Å². The zero-order chi connectivity index (χ0) is 23.8. The van der Waals surface area contributed by atoms with E-state index < -0.39 is 17.5 Å². The lowest BCUT2D eigenvalue weighted by molar-refractivity contribution is -0.149. The fraction of sp³-hybridized carbons (Fsp3) is 0.423. The summed E-state index contributed by atoms with van der Waals surface area (Å²) in [6.07, 6.45) is 1.02. The summed E-state index contributed by atoms with van der Waals surface area (Å²) in [5, 5.41) is 14.8. The Balaban J connectivity index is 1.40. The number of hydrogen-bond donors (Lipinski definition) is 3. The highest BCUT2D eigenvalue weighted by Gasteiger charge is 2.35. The van der Waals surface area contributed by atoms with Gasteiger partial charge in [0.2, 0.25) is 5.91 Å². The molecule has 2 amide bonds. The van der Waals surface area contributed by atoms with Crippen molar-refractivity contribution in [2.75, 3.05) is 19.7 Å². The fourth-order valence-corrected chi connectivity index (χ4v) is 4.32. The monoisotopic (exact) mass is 452 g/mol. The average molecular weight is 453 g/mol. The minimum absolute atomic E-state index is 0.000519. The summed E-state index contributed by atoms with van der Waals surface area (Å²) in [6, 6.07) is 16.3. The first kappa shape index (κ1) is 24.3. The Labute approximate surface area is 194 Å². The van der Waals surface area contributed by atoms with Crippen LogP contribution in [0.1, 0.15) is 56.6 Å². The van der Waals surface area contributed by atoms with Crippen LogP contribution in [0.3, 0.4) is 0 Å². The molecule has 7 heteroatoms.